The molecular weight excluding hydrogens is 274 g/mol. The monoisotopic (exact) mass is 293 g/mol. The standard InChI is InChI=1S/C19H19NO2/c1-21-15-8-6-13(7-9-15)10-17-16-5-3-4-14(16)11-19(22-2)18(17)12-20/h6-9,11H,3-5,10H2,1-2H3. The van der Waals surface area contributed by atoms with Crippen LogP contribution in [0.1, 0.15) is 34.2 Å². The van der Waals surface area contributed by atoms with Gasteiger partial charge in [0.2, 0.25) is 0 Å². The number of hydrogen-bond acceptors (Lipinski definition) is 3. The predicted molar refractivity (Wildman–Crippen MR) is 85.5 cm³/mol. The van der Waals surface area contributed by atoms with E-state index >= 15 is 0 Å². The van der Waals surface area contributed by atoms with Gasteiger partial charge in [0, 0.05) is 0 Å². The van der Waals surface area contributed by atoms with E-state index in [-0.39, 0.29) is 0 Å². The number of fused-ring (bicyclic) bond motifs is 1. The third-order valence-electron chi connectivity index (χ3n) is 4.35. The molecule has 0 N–H and O–H groups in total. The lowest BCUT2D eigenvalue weighted by atomic mass is 9.92. The van der Waals surface area contributed by atoms with Crippen molar-refractivity contribution in [2.75, 3.05) is 14.2 Å². The Hall–Kier alpha value is -2.47. The molecule has 3 heteroatoms. The number of nitrogens with zero attached hydrogens (tertiary/aromatic N) is 1. The molecule has 0 aliphatic heterocycles. The Bertz CT molecular complexity index is 727. The highest BCUT2D eigenvalue weighted by atomic mass is 16.5. The van der Waals surface area contributed by atoms with E-state index in [1.54, 1.807) is 14.2 Å². The molecule has 3 nitrogen and oxygen atoms in total. The fraction of sp³-hybridized carbons (Fsp3) is 0.316. The van der Waals surface area contributed by atoms with Crippen LogP contribution < -0.4 is 9.47 Å². The maximum Gasteiger partial charge on any atom is 0.137 e. The van der Waals surface area contributed by atoms with Crippen LogP contribution in [0.3, 0.4) is 0 Å². The van der Waals surface area contributed by atoms with Gasteiger partial charge in [0.1, 0.15) is 17.6 Å². The number of rotatable bonds is 4. The quantitative estimate of drug-likeness (QED) is 0.864. The molecule has 2 aromatic rings. The van der Waals surface area contributed by atoms with Crippen LogP contribution in [0.2, 0.25) is 0 Å². The molecule has 0 spiro atoms. The van der Waals surface area contributed by atoms with E-state index in [4.69, 9.17) is 9.47 Å². The zero-order valence-corrected chi connectivity index (χ0v) is 13.0. The van der Waals surface area contributed by atoms with Gasteiger partial charge in [-0.05, 0) is 66.1 Å². The molecule has 2 aromatic carbocycles. The molecule has 0 saturated carbocycles. The molecule has 0 radical (unpaired) electrons. The first kappa shape index (κ1) is 14.5. The SMILES string of the molecule is COc1ccc(Cc2c(C#N)c(OC)cc3c2CCC3)cc1. The van der Waals surface area contributed by atoms with E-state index in [0.29, 0.717) is 11.3 Å². The molecule has 0 unspecified atom stereocenters. The third kappa shape index (κ3) is 2.53. The van der Waals surface area contributed by atoms with Gasteiger partial charge in [-0.3, -0.25) is 0 Å². The van der Waals surface area contributed by atoms with E-state index in [9.17, 15) is 5.26 Å². The summed E-state index contributed by atoms with van der Waals surface area (Å²) in [6, 6.07) is 12.4. The second-order valence-corrected chi connectivity index (χ2v) is 5.56. The minimum atomic E-state index is 0.680. The van der Waals surface area contributed by atoms with Gasteiger partial charge in [-0.1, -0.05) is 12.1 Å². The molecule has 0 heterocycles. The Morgan fingerprint density at radius 2 is 1.86 bits per heavy atom. The van der Waals surface area contributed by atoms with Gasteiger partial charge in [-0.2, -0.15) is 5.26 Å². The highest BCUT2D eigenvalue weighted by molar-refractivity contribution is 5.58. The molecule has 0 saturated heterocycles. The maximum absolute atomic E-state index is 9.57. The van der Waals surface area contributed by atoms with Crippen LogP contribution in [0.5, 0.6) is 11.5 Å². The first-order valence-corrected chi connectivity index (χ1v) is 7.51. The van der Waals surface area contributed by atoms with Gasteiger partial charge < -0.3 is 9.47 Å². The Balaban J connectivity index is 2.05. The van der Waals surface area contributed by atoms with Crippen LogP contribution >= 0.6 is 0 Å². The van der Waals surface area contributed by atoms with Crippen LogP contribution in [0.15, 0.2) is 30.3 Å². The van der Waals surface area contributed by atoms with Gasteiger partial charge in [0.25, 0.3) is 0 Å². The van der Waals surface area contributed by atoms with Crippen molar-refractivity contribution in [3.63, 3.8) is 0 Å². The summed E-state index contributed by atoms with van der Waals surface area (Å²) in [4.78, 5) is 0. The second kappa shape index (κ2) is 6.11. The summed E-state index contributed by atoms with van der Waals surface area (Å²) in [7, 11) is 3.30. The van der Waals surface area contributed by atoms with Crippen molar-refractivity contribution in [1.29, 1.82) is 5.26 Å². The molecule has 3 rings (SSSR count). The average Bonchev–Trinajstić information content (AvgIpc) is 3.03. The molecule has 0 amide bonds. The van der Waals surface area contributed by atoms with Gasteiger partial charge in [0.05, 0.1) is 19.8 Å². The minimum absolute atomic E-state index is 0.680. The lowest BCUT2D eigenvalue weighted by molar-refractivity contribution is 0.412. The zero-order chi connectivity index (χ0) is 15.5. The van der Waals surface area contributed by atoms with E-state index in [0.717, 1.165) is 37.0 Å². The number of benzene rings is 2. The van der Waals surface area contributed by atoms with Crippen LogP contribution in [0.4, 0.5) is 0 Å². The molecule has 0 fully saturated rings. The summed E-state index contributed by atoms with van der Waals surface area (Å²) < 4.78 is 10.6. The molecule has 0 aromatic heterocycles. The van der Waals surface area contributed by atoms with Crippen molar-refractivity contribution in [3.05, 3.63) is 58.1 Å². The Morgan fingerprint density at radius 1 is 1.09 bits per heavy atom. The van der Waals surface area contributed by atoms with E-state index in [1.165, 1.54) is 16.7 Å². The fourth-order valence-corrected chi connectivity index (χ4v) is 3.23. The molecule has 1 aliphatic carbocycles. The van der Waals surface area contributed by atoms with Gasteiger partial charge in [-0.15, -0.1) is 0 Å². The van der Waals surface area contributed by atoms with Crippen LogP contribution in [0.25, 0.3) is 0 Å². The summed E-state index contributed by atoms with van der Waals surface area (Å²) in [6.45, 7) is 0. The lowest BCUT2D eigenvalue weighted by Crippen LogP contribution is -2.02. The second-order valence-electron chi connectivity index (χ2n) is 5.56. The largest absolute Gasteiger partial charge is 0.497 e. The van der Waals surface area contributed by atoms with E-state index in [2.05, 4.69) is 18.2 Å². The van der Waals surface area contributed by atoms with Crippen molar-refractivity contribution < 1.29 is 9.47 Å². The maximum atomic E-state index is 9.57. The highest BCUT2D eigenvalue weighted by Crippen LogP contribution is 2.35. The van der Waals surface area contributed by atoms with E-state index < -0.39 is 0 Å². The molecule has 1 aliphatic rings. The highest BCUT2D eigenvalue weighted by Gasteiger charge is 2.22. The first-order valence-electron chi connectivity index (χ1n) is 7.51. The fourth-order valence-electron chi connectivity index (χ4n) is 3.23. The zero-order valence-electron chi connectivity index (χ0n) is 13.0. The van der Waals surface area contributed by atoms with Crippen molar-refractivity contribution in [3.8, 4) is 17.6 Å². The smallest absolute Gasteiger partial charge is 0.137 e. The molecule has 22 heavy (non-hydrogen) atoms. The Labute approximate surface area is 131 Å². The summed E-state index contributed by atoms with van der Waals surface area (Å²) >= 11 is 0. The van der Waals surface area contributed by atoms with Crippen molar-refractivity contribution >= 4 is 0 Å². The number of nitriles is 1. The topological polar surface area (TPSA) is 42.2 Å². The molecular formula is C19H19NO2. The minimum Gasteiger partial charge on any atom is -0.497 e. The molecule has 0 atom stereocenters. The van der Waals surface area contributed by atoms with E-state index in [1.807, 2.05) is 18.2 Å². The molecule has 0 bridgehead atoms. The number of methoxy groups -OCH3 is 2. The summed E-state index contributed by atoms with van der Waals surface area (Å²) in [6.07, 6.45) is 4.04. The molecule has 112 valence electrons. The Morgan fingerprint density at radius 3 is 2.50 bits per heavy atom. The summed E-state index contributed by atoms with van der Waals surface area (Å²) in [5.41, 5.74) is 5.66. The first-order chi connectivity index (χ1) is 10.8. The van der Waals surface area contributed by atoms with Crippen LogP contribution in [0, 0.1) is 11.3 Å². The summed E-state index contributed by atoms with van der Waals surface area (Å²) in [5, 5.41) is 9.57. The lowest BCUT2D eigenvalue weighted by Gasteiger charge is -2.15. The van der Waals surface area contributed by atoms with Crippen LogP contribution in [-0.4, -0.2) is 14.2 Å². The van der Waals surface area contributed by atoms with Crippen molar-refractivity contribution in [2.45, 2.75) is 25.7 Å². The number of aryl methyl sites for hydroxylation is 1. The third-order valence-corrected chi connectivity index (χ3v) is 4.35. The van der Waals surface area contributed by atoms with Gasteiger partial charge >= 0.3 is 0 Å². The average molecular weight is 293 g/mol. The number of ether oxygens (including phenoxy) is 2. The van der Waals surface area contributed by atoms with Crippen LogP contribution in [-0.2, 0) is 19.3 Å². The number of hydrogen-bond donors (Lipinski definition) is 0. The van der Waals surface area contributed by atoms with Crippen molar-refractivity contribution in [1.82, 2.24) is 0 Å². The predicted octanol–water partition coefficient (Wildman–Crippen LogP) is 3.65. The van der Waals surface area contributed by atoms with Gasteiger partial charge in [0.15, 0.2) is 0 Å². The summed E-state index contributed by atoms with van der Waals surface area (Å²) in [5.74, 6) is 1.55. The van der Waals surface area contributed by atoms with Crippen molar-refractivity contribution in [2.24, 2.45) is 0 Å². The normalized spacial score (nSPS) is 12.6. The van der Waals surface area contributed by atoms with Gasteiger partial charge in [-0.25, -0.2) is 0 Å². The Kier molecular flexibility index (Phi) is 4.02.